The number of aromatic nitrogens is 4. The molecule has 4 aromatic rings. The number of aliphatic imine (C=N–C) groups is 1. The van der Waals surface area contributed by atoms with Gasteiger partial charge in [0.05, 0.1) is 56.5 Å². The molecule has 0 radical (unpaired) electrons. The number of benzene rings is 1. The van der Waals surface area contributed by atoms with Crippen LogP contribution in [-0.2, 0) is 19.1 Å². The van der Waals surface area contributed by atoms with Gasteiger partial charge in [0.25, 0.3) is 0 Å². The van der Waals surface area contributed by atoms with Crippen molar-refractivity contribution >= 4 is 51.6 Å². The summed E-state index contributed by atoms with van der Waals surface area (Å²) in [7, 11) is 2.58. The molecule has 3 aliphatic heterocycles. The highest BCUT2D eigenvalue weighted by Gasteiger charge is 2.40. The first kappa shape index (κ1) is 36.8. The number of methoxy groups -OCH3 is 2. The summed E-state index contributed by atoms with van der Waals surface area (Å²) in [6, 6.07) is 6.64. The lowest BCUT2D eigenvalue weighted by Crippen LogP contribution is -2.54. The predicted molar refractivity (Wildman–Crippen MR) is 203 cm³/mol. The third-order valence-corrected chi connectivity index (χ3v) is 10.9. The van der Waals surface area contributed by atoms with E-state index in [1.54, 1.807) is 11.1 Å². The van der Waals surface area contributed by atoms with Gasteiger partial charge >= 0.3 is 12.2 Å². The van der Waals surface area contributed by atoms with E-state index < -0.39 is 24.3 Å². The predicted octanol–water partition coefficient (Wildman–Crippen LogP) is 4.50. The smallest absolute Gasteiger partial charge is 0.407 e. The lowest BCUT2D eigenvalue weighted by atomic mass is 10.0. The normalized spacial score (nSPS) is 21.1. The van der Waals surface area contributed by atoms with Gasteiger partial charge in [-0.2, -0.15) is 0 Å². The van der Waals surface area contributed by atoms with Crippen molar-refractivity contribution in [3.8, 4) is 11.4 Å². The number of nitrogens with zero attached hydrogens (tertiary/aromatic N) is 4. The van der Waals surface area contributed by atoms with Gasteiger partial charge in [0, 0.05) is 40.6 Å². The van der Waals surface area contributed by atoms with E-state index in [0.717, 1.165) is 70.4 Å². The molecule has 5 atom stereocenters. The van der Waals surface area contributed by atoms with Crippen molar-refractivity contribution in [3.05, 3.63) is 42.0 Å². The van der Waals surface area contributed by atoms with Gasteiger partial charge in [0.2, 0.25) is 11.8 Å². The van der Waals surface area contributed by atoms with Gasteiger partial charge in [0.15, 0.2) is 0 Å². The molecule has 2 saturated heterocycles. The van der Waals surface area contributed by atoms with Crippen LogP contribution in [0.1, 0.15) is 77.0 Å². The number of carbonyl (C=O) groups is 4. The van der Waals surface area contributed by atoms with Crippen molar-refractivity contribution in [2.45, 2.75) is 83.6 Å². The van der Waals surface area contributed by atoms with Gasteiger partial charge in [-0.25, -0.2) is 14.6 Å². The first-order chi connectivity index (χ1) is 25.9. The van der Waals surface area contributed by atoms with E-state index in [9.17, 15) is 19.2 Å². The van der Waals surface area contributed by atoms with E-state index in [-0.39, 0.29) is 41.8 Å². The minimum atomic E-state index is -0.695. The third kappa shape index (κ3) is 7.08. The number of aromatic amines is 3. The number of hydrogen-bond acceptors (Lipinski definition) is 9. The first-order valence-electron chi connectivity index (χ1n) is 18.8. The Morgan fingerprint density at radius 3 is 1.98 bits per heavy atom. The SMILES string of the molecule is COC(=O)NC(C(=O)N1CCCC1C1=NCC(c2cc3cc4cc(-c5cnc(C6CCCN6C(=O)[C@@H](NC(=O)OC)C(C)C)[nH]5)[nH]c4cc3[nH]2)N1)C(C)C. The van der Waals surface area contributed by atoms with Crippen LogP contribution in [-0.4, -0.2) is 112 Å². The number of fused-ring (bicyclic) bond motifs is 2. The largest absolute Gasteiger partial charge is 0.453 e. The topological polar surface area (TPSA) is 202 Å². The van der Waals surface area contributed by atoms with Crippen molar-refractivity contribution < 1.29 is 28.7 Å². The maximum Gasteiger partial charge on any atom is 0.407 e. The quantitative estimate of drug-likeness (QED) is 0.136. The molecule has 1 aromatic carbocycles. The van der Waals surface area contributed by atoms with Gasteiger partial charge in [-0.05, 0) is 61.8 Å². The van der Waals surface area contributed by atoms with Crippen LogP contribution in [0.15, 0.2) is 35.5 Å². The Kier molecular flexibility index (Phi) is 10.3. The molecular weight excluding hydrogens is 692 g/mol. The Morgan fingerprint density at radius 1 is 0.759 bits per heavy atom. The summed E-state index contributed by atoms with van der Waals surface area (Å²) in [5, 5.41) is 11.1. The second kappa shape index (κ2) is 15.1. The van der Waals surface area contributed by atoms with Crippen molar-refractivity contribution in [1.29, 1.82) is 0 Å². The summed E-state index contributed by atoms with van der Waals surface area (Å²) in [4.78, 5) is 74.8. The van der Waals surface area contributed by atoms with E-state index in [1.165, 1.54) is 14.2 Å². The highest BCUT2D eigenvalue weighted by Crippen LogP contribution is 2.34. The molecule has 16 nitrogen and oxygen atoms in total. The van der Waals surface area contributed by atoms with E-state index in [2.05, 4.69) is 55.2 Å². The number of alkyl carbamates (subject to hydrolysis) is 2. The molecule has 4 amide bonds. The summed E-state index contributed by atoms with van der Waals surface area (Å²) in [6.07, 6.45) is 3.82. The molecule has 2 fully saturated rings. The molecule has 16 heteroatoms. The Labute approximate surface area is 313 Å². The zero-order valence-electron chi connectivity index (χ0n) is 31.6. The fraction of sp³-hybridized carbons (Fsp3) is 0.526. The zero-order valence-corrected chi connectivity index (χ0v) is 31.6. The van der Waals surface area contributed by atoms with Gasteiger partial charge in [0.1, 0.15) is 23.7 Å². The number of rotatable bonds is 10. The number of hydrogen-bond donors (Lipinski definition) is 6. The average Bonchev–Trinajstić information content (AvgIpc) is 4.00. The molecule has 6 heterocycles. The fourth-order valence-electron chi connectivity index (χ4n) is 7.98. The van der Waals surface area contributed by atoms with Gasteiger partial charge in [-0.15, -0.1) is 0 Å². The number of ether oxygens (including phenoxy) is 2. The first-order valence-corrected chi connectivity index (χ1v) is 18.8. The second-order valence-corrected chi connectivity index (χ2v) is 15.1. The van der Waals surface area contributed by atoms with Crippen LogP contribution in [0.3, 0.4) is 0 Å². The molecular formula is C38H50N10O6. The van der Waals surface area contributed by atoms with Crippen LogP contribution in [0.25, 0.3) is 33.2 Å². The molecule has 0 aliphatic carbocycles. The summed E-state index contributed by atoms with van der Waals surface area (Å²) in [5.41, 5.74) is 4.66. The summed E-state index contributed by atoms with van der Waals surface area (Å²) >= 11 is 0. The summed E-state index contributed by atoms with van der Waals surface area (Å²) in [5.74, 6) is 1.02. The van der Waals surface area contributed by atoms with E-state index in [0.29, 0.717) is 25.5 Å². The second-order valence-electron chi connectivity index (χ2n) is 15.1. The lowest BCUT2D eigenvalue weighted by Gasteiger charge is -2.31. The molecule has 0 bridgehead atoms. The molecule has 7 rings (SSSR count). The average molecular weight is 743 g/mol. The molecule has 3 aliphatic rings. The maximum absolute atomic E-state index is 13.6. The number of amidine groups is 1. The number of H-pyrrole nitrogens is 3. The van der Waals surface area contributed by atoms with Crippen molar-refractivity contribution in [2.24, 2.45) is 16.8 Å². The fourth-order valence-corrected chi connectivity index (χ4v) is 7.98. The standard InChI is InChI=1S/C38H50N10O6/c1-19(2)31(45-37(51)53-5)35(49)47-11-7-9-29(47)33-39-17-27(43-33)25-14-21-13-22-15-26(42-24(22)16-23(21)41-25)28-18-40-34(44-28)30-10-8-12-48(30)36(50)32(20(3)4)46-38(52)54-6/h13-17,19-20,28-32,41-42H,7-12,18H2,1-6H3,(H,39,43)(H,40,44)(H,45,51)(H,46,52)/t28?,29?,30?,31-,32?/m0/s1. The van der Waals surface area contributed by atoms with Crippen molar-refractivity contribution in [2.75, 3.05) is 33.9 Å². The zero-order chi connectivity index (χ0) is 38.3. The van der Waals surface area contributed by atoms with Crippen LogP contribution in [0.5, 0.6) is 0 Å². The highest BCUT2D eigenvalue weighted by molar-refractivity contribution is 5.99. The third-order valence-electron chi connectivity index (χ3n) is 10.9. The van der Waals surface area contributed by atoms with E-state index in [1.807, 2.05) is 32.6 Å². The van der Waals surface area contributed by atoms with Gasteiger partial charge < -0.3 is 50.2 Å². The van der Waals surface area contributed by atoms with Crippen LogP contribution >= 0.6 is 0 Å². The van der Waals surface area contributed by atoms with Gasteiger partial charge in [-0.3, -0.25) is 14.6 Å². The molecule has 54 heavy (non-hydrogen) atoms. The van der Waals surface area contributed by atoms with Crippen LogP contribution in [0.4, 0.5) is 9.59 Å². The number of likely N-dealkylation sites (tertiary alicyclic amines) is 2. The Balaban J connectivity index is 1.03. The molecule has 0 saturated carbocycles. The molecule has 4 unspecified atom stereocenters. The van der Waals surface area contributed by atoms with Crippen molar-refractivity contribution in [3.63, 3.8) is 0 Å². The summed E-state index contributed by atoms with van der Waals surface area (Å²) in [6.45, 7) is 9.35. The number of carbonyl (C=O) groups excluding carboxylic acids is 4. The highest BCUT2D eigenvalue weighted by atomic mass is 16.5. The van der Waals surface area contributed by atoms with Crippen LogP contribution < -0.4 is 16.0 Å². The van der Waals surface area contributed by atoms with Crippen LogP contribution in [0.2, 0.25) is 0 Å². The molecule has 6 N–H and O–H groups in total. The Hall–Kier alpha value is -5.54. The number of imidazole rings is 1. The van der Waals surface area contributed by atoms with Gasteiger partial charge in [-0.1, -0.05) is 27.7 Å². The maximum atomic E-state index is 13.6. The van der Waals surface area contributed by atoms with Crippen LogP contribution in [0, 0.1) is 11.8 Å². The molecule has 288 valence electrons. The Morgan fingerprint density at radius 2 is 1.35 bits per heavy atom. The molecule has 3 aromatic heterocycles. The lowest BCUT2D eigenvalue weighted by molar-refractivity contribution is -0.135. The number of amides is 4. The minimum absolute atomic E-state index is 0.0644. The Bertz CT molecular complexity index is 2030. The minimum Gasteiger partial charge on any atom is -0.453 e. The van der Waals surface area contributed by atoms with Crippen molar-refractivity contribution in [1.82, 2.24) is 45.7 Å². The monoisotopic (exact) mass is 742 g/mol. The van der Waals surface area contributed by atoms with E-state index in [4.69, 9.17) is 19.5 Å². The summed E-state index contributed by atoms with van der Waals surface area (Å²) < 4.78 is 9.53. The van der Waals surface area contributed by atoms with E-state index >= 15 is 0 Å². The number of nitrogens with one attached hydrogen (secondary N) is 6. The molecule has 0 spiro atoms.